The average Bonchev–Trinajstić information content (AvgIpc) is 2.92. The molecule has 3 heteroatoms. The molecular formula is C14H20Br2Zr. The van der Waals surface area contributed by atoms with Gasteiger partial charge in [0.25, 0.3) is 0 Å². The third-order valence-electron chi connectivity index (χ3n) is 2.29. The van der Waals surface area contributed by atoms with E-state index in [1.54, 1.807) is 0 Å². The Morgan fingerprint density at radius 1 is 0.882 bits per heavy atom. The Kier molecular flexibility index (Phi) is 20.1. The van der Waals surface area contributed by atoms with Crippen LogP contribution in [0.3, 0.4) is 0 Å². The van der Waals surface area contributed by atoms with E-state index < -0.39 is 0 Å². The van der Waals surface area contributed by atoms with Gasteiger partial charge in [-0.15, -0.1) is 46.8 Å². The van der Waals surface area contributed by atoms with Crippen LogP contribution in [0.25, 0.3) is 0 Å². The van der Waals surface area contributed by atoms with E-state index in [9.17, 15) is 0 Å². The summed E-state index contributed by atoms with van der Waals surface area (Å²) in [7, 11) is 0. The van der Waals surface area contributed by atoms with E-state index in [0.717, 1.165) is 25.7 Å². The first-order valence-electron chi connectivity index (χ1n) is 5.39. The summed E-state index contributed by atoms with van der Waals surface area (Å²) < 4.78 is 0. The van der Waals surface area contributed by atoms with E-state index in [4.69, 9.17) is 0 Å². The molecule has 0 aromatic heterocycles. The molecule has 0 saturated carbocycles. The van der Waals surface area contributed by atoms with Crippen molar-refractivity contribution in [1.29, 1.82) is 0 Å². The molecule has 0 saturated heterocycles. The zero-order valence-electron chi connectivity index (χ0n) is 10.5. The van der Waals surface area contributed by atoms with E-state index in [0.29, 0.717) is 0 Å². The number of rotatable bonds is 2. The van der Waals surface area contributed by atoms with Gasteiger partial charge in [-0.1, -0.05) is 26.7 Å². The van der Waals surface area contributed by atoms with Crippen LogP contribution < -0.4 is 0 Å². The zero-order chi connectivity index (χ0) is 10.2. The summed E-state index contributed by atoms with van der Waals surface area (Å²) in [5.74, 6) is 0. The molecule has 0 N–H and O–H groups in total. The van der Waals surface area contributed by atoms with Crippen molar-refractivity contribution in [3.63, 3.8) is 0 Å². The molecule has 0 radical (unpaired) electrons. The molecule has 2 aliphatic rings. The van der Waals surface area contributed by atoms with Gasteiger partial charge in [0.1, 0.15) is 0 Å². The van der Waals surface area contributed by atoms with Crippen molar-refractivity contribution in [2.75, 3.05) is 0 Å². The fourth-order valence-corrected chi connectivity index (χ4v) is 1.39. The van der Waals surface area contributed by atoms with Crippen LogP contribution in [0, 0.1) is 12.2 Å². The molecule has 94 valence electrons. The average molecular weight is 439 g/mol. The van der Waals surface area contributed by atoms with Crippen LogP contribution in [-0.4, -0.2) is 0 Å². The van der Waals surface area contributed by atoms with Crippen LogP contribution in [0.2, 0.25) is 0 Å². The predicted molar refractivity (Wildman–Crippen MR) is 82.3 cm³/mol. The molecule has 0 nitrogen and oxygen atoms in total. The summed E-state index contributed by atoms with van der Waals surface area (Å²) in [5.41, 5.74) is 2.72. The van der Waals surface area contributed by atoms with Gasteiger partial charge in [-0.25, -0.2) is 23.3 Å². The molecule has 0 aliphatic heterocycles. The molecule has 0 heterocycles. The van der Waals surface area contributed by atoms with Crippen molar-refractivity contribution in [1.82, 2.24) is 0 Å². The summed E-state index contributed by atoms with van der Waals surface area (Å²) in [6.45, 7) is 4.30. The second-order valence-electron chi connectivity index (χ2n) is 3.32. The molecule has 0 atom stereocenters. The molecule has 0 amide bonds. The van der Waals surface area contributed by atoms with Crippen molar-refractivity contribution in [2.24, 2.45) is 0 Å². The molecule has 0 aromatic carbocycles. The number of hydrogen-bond donors (Lipinski definition) is 0. The monoisotopic (exact) mass is 436 g/mol. The summed E-state index contributed by atoms with van der Waals surface area (Å²) in [6.07, 6.45) is 19.3. The van der Waals surface area contributed by atoms with Gasteiger partial charge in [0, 0.05) is 0 Å². The van der Waals surface area contributed by atoms with Gasteiger partial charge in [-0.2, -0.15) is 12.2 Å². The Balaban J connectivity index is -0.000000196. The fraction of sp³-hybridized carbons (Fsp3) is 0.429. The van der Waals surface area contributed by atoms with Crippen molar-refractivity contribution in [3.05, 3.63) is 47.6 Å². The first-order chi connectivity index (χ1) is 6.86. The van der Waals surface area contributed by atoms with Crippen LogP contribution in [0.4, 0.5) is 0 Å². The minimum Gasteiger partial charge on any atom is -0.270 e. The van der Waals surface area contributed by atoms with E-state index >= 15 is 0 Å². The van der Waals surface area contributed by atoms with E-state index in [1.165, 1.54) is 11.1 Å². The summed E-state index contributed by atoms with van der Waals surface area (Å²) in [6, 6.07) is 0. The predicted octanol–water partition coefficient (Wildman–Crippen LogP) is 5.33. The van der Waals surface area contributed by atoms with Crippen molar-refractivity contribution in [2.45, 2.75) is 39.5 Å². The molecular weight excluding hydrogens is 419 g/mol. The number of allylic oxidation sites excluding steroid dienone is 8. The van der Waals surface area contributed by atoms with Gasteiger partial charge in [-0.05, 0) is 0 Å². The molecule has 0 fully saturated rings. The van der Waals surface area contributed by atoms with Crippen molar-refractivity contribution in [3.8, 4) is 0 Å². The molecule has 2 aliphatic carbocycles. The molecule has 17 heavy (non-hydrogen) atoms. The normalized spacial score (nSPS) is 14.5. The number of halogens is 2. The van der Waals surface area contributed by atoms with Crippen LogP contribution in [0.5, 0.6) is 0 Å². The Morgan fingerprint density at radius 2 is 1.24 bits per heavy atom. The van der Waals surface area contributed by atoms with Crippen molar-refractivity contribution < 1.29 is 26.2 Å². The Hall–Kier alpha value is 0.803. The Bertz CT molecular complexity index is 259. The molecule has 2 rings (SSSR count). The fourth-order valence-electron chi connectivity index (χ4n) is 1.39. The first-order valence-corrected chi connectivity index (χ1v) is 5.39. The van der Waals surface area contributed by atoms with Crippen LogP contribution >= 0.6 is 34.0 Å². The van der Waals surface area contributed by atoms with E-state index in [-0.39, 0.29) is 60.2 Å². The maximum atomic E-state index is 3.21. The van der Waals surface area contributed by atoms with Gasteiger partial charge in [0.15, 0.2) is 0 Å². The maximum Gasteiger partial charge on any atom is 2.00 e. The summed E-state index contributed by atoms with van der Waals surface area (Å²) in [5, 5.41) is 0. The first kappa shape index (κ1) is 22.9. The molecule has 0 unspecified atom stereocenters. The topological polar surface area (TPSA) is 0 Å². The minimum absolute atomic E-state index is 0. The quantitative estimate of drug-likeness (QED) is 0.511. The van der Waals surface area contributed by atoms with Gasteiger partial charge >= 0.3 is 26.2 Å². The third kappa shape index (κ3) is 10.4. The Labute approximate surface area is 146 Å². The number of hydrogen-bond acceptors (Lipinski definition) is 0. The maximum absolute atomic E-state index is 3.21. The van der Waals surface area contributed by atoms with Gasteiger partial charge in [0.05, 0.1) is 0 Å². The minimum atomic E-state index is 0. The summed E-state index contributed by atoms with van der Waals surface area (Å²) >= 11 is 0. The van der Waals surface area contributed by atoms with Gasteiger partial charge in [0.2, 0.25) is 0 Å². The Morgan fingerprint density at radius 3 is 1.35 bits per heavy atom. The third-order valence-corrected chi connectivity index (χ3v) is 2.29. The van der Waals surface area contributed by atoms with Gasteiger partial charge in [-0.3, -0.25) is 12.2 Å². The van der Waals surface area contributed by atoms with Crippen molar-refractivity contribution >= 4 is 34.0 Å². The smallest absolute Gasteiger partial charge is 0.270 e. The van der Waals surface area contributed by atoms with E-state index in [2.05, 4.69) is 50.3 Å². The van der Waals surface area contributed by atoms with E-state index in [1.807, 2.05) is 0 Å². The van der Waals surface area contributed by atoms with Crippen LogP contribution in [-0.2, 0) is 26.2 Å². The standard InChI is InChI=1S/2C7H9.2BrH.Zr/c2*1-2-7-5-3-4-6-7;;;/h2*3,5H,2,4H2,1H3;2*1H;/q2*-1;;;+2. The van der Waals surface area contributed by atoms with Crippen LogP contribution in [0.1, 0.15) is 39.5 Å². The second-order valence-corrected chi connectivity index (χ2v) is 3.32. The molecule has 0 aromatic rings. The summed E-state index contributed by atoms with van der Waals surface area (Å²) in [4.78, 5) is 0. The van der Waals surface area contributed by atoms with Gasteiger partial charge < -0.3 is 0 Å². The largest absolute Gasteiger partial charge is 2.00 e. The zero-order valence-corrected chi connectivity index (χ0v) is 16.3. The molecule has 0 bridgehead atoms. The van der Waals surface area contributed by atoms with Crippen LogP contribution in [0.15, 0.2) is 35.5 Å². The molecule has 0 spiro atoms. The SMILES string of the molecule is Br.Br.CCC1=[C-]CC=C1.CCC1=[C-]CC=C1.[Zr+2]. The second kappa shape index (κ2) is 14.9.